The molecule has 2 atom stereocenters. The molecule has 1 aromatic carbocycles. The summed E-state index contributed by atoms with van der Waals surface area (Å²) < 4.78 is 0. The number of aliphatic imine (C=N–C) groups is 1. The van der Waals surface area contributed by atoms with Crippen LogP contribution in [0.2, 0.25) is 0 Å². The monoisotopic (exact) mass is 501 g/mol. The molecule has 0 spiro atoms. The first-order valence-corrected chi connectivity index (χ1v) is 10.5. The lowest BCUT2D eigenvalue weighted by molar-refractivity contribution is 0.265. The topological polar surface area (TPSA) is 42.9 Å². The summed E-state index contributed by atoms with van der Waals surface area (Å²) in [6.07, 6.45) is 0. The van der Waals surface area contributed by atoms with E-state index in [0.29, 0.717) is 18.0 Å². The third-order valence-corrected chi connectivity index (χ3v) is 5.70. The van der Waals surface area contributed by atoms with E-state index in [9.17, 15) is 0 Å². The highest BCUT2D eigenvalue weighted by atomic mass is 127. The smallest absolute Gasteiger partial charge is 0.191 e. The molecule has 2 unspecified atom stereocenters. The standard InChI is InChI=1S/C22H39N5.HI/c1-7-26(8-2)15-20-11-9-19(10-12-20)13-24-22(23-6)25-21-16-27(17(3)4)14-18(21)5;/h9-12,17-18,21H,7-8,13-16H2,1-6H3,(H2,23,24,25);1H. The van der Waals surface area contributed by atoms with Crippen molar-refractivity contribution in [2.24, 2.45) is 10.9 Å². The van der Waals surface area contributed by atoms with Crippen LogP contribution in [0.5, 0.6) is 0 Å². The second-order valence-electron chi connectivity index (χ2n) is 7.98. The first-order chi connectivity index (χ1) is 13.0. The van der Waals surface area contributed by atoms with E-state index in [1.54, 1.807) is 0 Å². The van der Waals surface area contributed by atoms with Crippen LogP contribution >= 0.6 is 24.0 Å². The van der Waals surface area contributed by atoms with E-state index < -0.39 is 0 Å². The molecule has 0 radical (unpaired) electrons. The molecule has 0 aliphatic carbocycles. The zero-order valence-electron chi connectivity index (χ0n) is 18.5. The van der Waals surface area contributed by atoms with Crippen molar-refractivity contribution in [3.05, 3.63) is 35.4 Å². The van der Waals surface area contributed by atoms with Gasteiger partial charge in [-0.3, -0.25) is 14.8 Å². The lowest BCUT2D eigenvalue weighted by atomic mass is 10.1. The van der Waals surface area contributed by atoms with E-state index in [4.69, 9.17) is 0 Å². The summed E-state index contributed by atoms with van der Waals surface area (Å²) in [5.41, 5.74) is 2.66. The zero-order valence-corrected chi connectivity index (χ0v) is 20.9. The summed E-state index contributed by atoms with van der Waals surface area (Å²) in [4.78, 5) is 9.38. The highest BCUT2D eigenvalue weighted by molar-refractivity contribution is 14.0. The summed E-state index contributed by atoms with van der Waals surface area (Å²) in [5, 5.41) is 7.08. The summed E-state index contributed by atoms with van der Waals surface area (Å²) in [7, 11) is 1.85. The van der Waals surface area contributed by atoms with E-state index in [0.717, 1.165) is 45.2 Å². The highest BCUT2D eigenvalue weighted by Crippen LogP contribution is 2.18. The van der Waals surface area contributed by atoms with Crippen molar-refractivity contribution in [2.45, 2.75) is 59.8 Å². The van der Waals surface area contributed by atoms with Gasteiger partial charge < -0.3 is 10.6 Å². The van der Waals surface area contributed by atoms with Gasteiger partial charge in [0, 0.05) is 45.3 Å². The Labute approximate surface area is 189 Å². The summed E-state index contributed by atoms with van der Waals surface area (Å²) >= 11 is 0. The second kappa shape index (κ2) is 12.6. The van der Waals surface area contributed by atoms with Gasteiger partial charge in [0.25, 0.3) is 0 Å². The average molecular weight is 502 g/mol. The first kappa shape index (κ1) is 25.2. The molecule has 28 heavy (non-hydrogen) atoms. The molecule has 2 rings (SSSR count). The molecule has 0 bridgehead atoms. The van der Waals surface area contributed by atoms with Crippen molar-refractivity contribution in [1.82, 2.24) is 20.4 Å². The fraction of sp³-hybridized carbons (Fsp3) is 0.682. The van der Waals surface area contributed by atoms with Gasteiger partial charge in [0.2, 0.25) is 0 Å². The molecule has 6 heteroatoms. The molecule has 5 nitrogen and oxygen atoms in total. The largest absolute Gasteiger partial charge is 0.352 e. The minimum absolute atomic E-state index is 0. The SMILES string of the molecule is CCN(CC)Cc1ccc(CNC(=NC)NC2CN(C(C)C)CC2C)cc1.I. The third kappa shape index (κ3) is 7.52. The second-order valence-corrected chi connectivity index (χ2v) is 7.98. The Morgan fingerprint density at radius 2 is 1.75 bits per heavy atom. The van der Waals surface area contributed by atoms with Gasteiger partial charge in [-0.05, 0) is 44.0 Å². The van der Waals surface area contributed by atoms with Crippen LogP contribution in [0.4, 0.5) is 0 Å². The molecule has 160 valence electrons. The predicted octanol–water partition coefficient (Wildman–Crippen LogP) is 3.54. The number of benzene rings is 1. The lowest BCUT2D eigenvalue weighted by Gasteiger charge is -2.22. The number of nitrogens with zero attached hydrogens (tertiary/aromatic N) is 3. The number of nitrogens with one attached hydrogen (secondary N) is 2. The van der Waals surface area contributed by atoms with Crippen LogP contribution in [0.25, 0.3) is 0 Å². The maximum Gasteiger partial charge on any atom is 0.191 e. The molecule has 1 saturated heterocycles. The maximum atomic E-state index is 4.42. The quantitative estimate of drug-likeness (QED) is 0.325. The Morgan fingerprint density at radius 1 is 1.14 bits per heavy atom. The minimum atomic E-state index is 0. The molecule has 0 aromatic heterocycles. The predicted molar refractivity (Wildman–Crippen MR) is 131 cm³/mol. The van der Waals surface area contributed by atoms with Crippen LogP contribution in [0, 0.1) is 5.92 Å². The van der Waals surface area contributed by atoms with Crippen LogP contribution in [-0.2, 0) is 13.1 Å². The van der Waals surface area contributed by atoms with Crippen molar-refractivity contribution in [3.63, 3.8) is 0 Å². The zero-order chi connectivity index (χ0) is 19.8. The van der Waals surface area contributed by atoms with E-state index in [2.05, 4.69) is 84.3 Å². The minimum Gasteiger partial charge on any atom is -0.352 e. The van der Waals surface area contributed by atoms with Crippen molar-refractivity contribution < 1.29 is 0 Å². The van der Waals surface area contributed by atoms with Crippen LogP contribution < -0.4 is 10.6 Å². The Kier molecular flexibility index (Phi) is 11.4. The molecule has 1 aromatic rings. The van der Waals surface area contributed by atoms with Gasteiger partial charge in [0.05, 0.1) is 0 Å². The number of halogens is 1. The Hall–Kier alpha value is -0.860. The van der Waals surface area contributed by atoms with Gasteiger partial charge in [-0.1, -0.05) is 45.0 Å². The molecule has 1 fully saturated rings. The number of hydrogen-bond donors (Lipinski definition) is 2. The molecule has 0 amide bonds. The number of guanidine groups is 1. The van der Waals surface area contributed by atoms with E-state index in [-0.39, 0.29) is 24.0 Å². The highest BCUT2D eigenvalue weighted by Gasteiger charge is 2.31. The Bertz CT molecular complexity index is 583. The molecule has 1 heterocycles. The third-order valence-electron chi connectivity index (χ3n) is 5.70. The van der Waals surface area contributed by atoms with Gasteiger partial charge in [-0.2, -0.15) is 0 Å². The molecule has 1 aliphatic heterocycles. The number of rotatable bonds is 8. The summed E-state index contributed by atoms with van der Waals surface area (Å²) in [6.45, 7) is 17.5. The van der Waals surface area contributed by atoms with Crippen molar-refractivity contribution in [3.8, 4) is 0 Å². The van der Waals surface area contributed by atoms with E-state index in [1.165, 1.54) is 11.1 Å². The van der Waals surface area contributed by atoms with Crippen LogP contribution in [0.1, 0.15) is 45.7 Å². The van der Waals surface area contributed by atoms with Gasteiger partial charge in [0.15, 0.2) is 5.96 Å². The fourth-order valence-electron chi connectivity index (χ4n) is 3.64. The van der Waals surface area contributed by atoms with Gasteiger partial charge >= 0.3 is 0 Å². The van der Waals surface area contributed by atoms with Crippen LogP contribution in [0.15, 0.2) is 29.3 Å². The number of hydrogen-bond acceptors (Lipinski definition) is 3. The van der Waals surface area contributed by atoms with Gasteiger partial charge in [-0.25, -0.2) is 0 Å². The summed E-state index contributed by atoms with van der Waals surface area (Å²) in [5.74, 6) is 1.52. The van der Waals surface area contributed by atoms with Crippen molar-refractivity contribution in [2.75, 3.05) is 33.2 Å². The molecular weight excluding hydrogens is 461 g/mol. The molecule has 2 N–H and O–H groups in total. The van der Waals surface area contributed by atoms with Crippen LogP contribution in [0.3, 0.4) is 0 Å². The van der Waals surface area contributed by atoms with Crippen molar-refractivity contribution in [1.29, 1.82) is 0 Å². The molecule has 1 aliphatic rings. The lowest BCUT2D eigenvalue weighted by Crippen LogP contribution is -2.46. The van der Waals surface area contributed by atoms with E-state index in [1.807, 2.05) is 7.05 Å². The van der Waals surface area contributed by atoms with Gasteiger partial charge in [-0.15, -0.1) is 24.0 Å². The normalized spacial score (nSPS) is 20.5. The maximum absolute atomic E-state index is 4.42. The number of likely N-dealkylation sites (tertiary alicyclic amines) is 1. The average Bonchev–Trinajstić information content (AvgIpc) is 3.04. The fourth-order valence-corrected chi connectivity index (χ4v) is 3.64. The molecular formula is C22H40IN5. The molecule has 0 saturated carbocycles. The van der Waals surface area contributed by atoms with Crippen LogP contribution in [-0.4, -0.2) is 61.1 Å². The van der Waals surface area contributed by atoms with E-state index >= 15 is 0 Å². The first-order valence-electron chi connectivity index (χ1n) is 10.5. The Balaban J connectivity index is 0.00000392. The van der Waals surface area contributed by atoms with Gasteiger partial charge in [0.1, 0.15) is 0 Å². The Morgan fingerprint density at radius 3 is 2.25 bits per heavy atom. The summed E-state index contributed by atoms with van der Waals surface area (Å²) in [6, 6.07) is 9.98. The van der Waals surface area contributed by atoms with Crippen molar-refractivity contribution >= 4 is 29.9 Å².